The number of amides is 1. The highest BCUT2D eigenvalue weighted by Crippen LogP contribution is 2.25. The van der Waals surface area contributed by atoms with Gasteiger partial charge in [-0.05, 0) is 24.6 Å². The molecule has 0 atom stereocenters. The molecule has 1 aromatic heterocycles. The van der Waals surface area contributed by atoms with Gasteiger partial charge in [0.1, 0.15) is 0 Å². The number of hydrogen-bond acceptors (Lipinski definition) is 4. The second-order valence-corrected chi connectivity index (χ2v) is 7.06. The minimum atomic E-state index is -0.832. The quantitative estimate of drug-likeness (QED) is 0.794. The summed E-state index contributed by atoms with van der Waals surface area (Å²) in [6.45, 7) is 0.470. The molecule has 2 aromatic rings. The largest absolute Gasteiger partial charge is 0.481 e. The Hall–Kier alpha value is -1.47. The van der Waals surface area contributed by atoms with Crippen LogP contribution < -0.4 is 0 Å². The molecule has 0 unspecified atom stereocenters. The lowest BCUT2D eigenvalue weighted by molar-refractivity contribution is -0.138. The van der Waals surface area contributed by atoms with Gasteiger partial charge in [0.15, 0.2) is 0 Å². The van der Waals surface area contributed by atoms with Gasteiger partial charge in [-0.3, -0.25) is 9.59 Å². The maximum absolute atomic E-state index is 12.0. The van der Waals surface area contributed by atoms with Crippen LogP contribution >= 0.6 is 27.3 Å². The van der Waals surface area contributed by atoms with Gasteiger partial charge in [-0.25, -0.2) is 4.98 Å². The Bertz CT molecular complexity index is 686. The van der Waals surface area contributed by atoms with E-state index in [4.69, 9.17) is 5.11 Å². The SMILES string of the molecule is CN(CCCC(=O)O)C(=O)CCc1nc2cc(Br)ccc2s1. The minimum absolute atomic E-state index is 0.0193. The topological polar surface area (TPSA) is 70.5 Å². The third-order valence-electron chi connectivity index (χ3n) is 3.26. The van der Waals surface area contributed by atoms with E-state index in [0.29, 0.717) is 25.8 Å². The summed E-state index contributed by atoms with van der Waals surface area (Å²) in [7, 11) is 1.71. The highest BCUT2D eigenvalue weighted by molar-refractivity contribution is 9.10. The number of fused-ring (bicyclic) bond motifs is 1. The van der Waals surface area contributed by atoms with Gasteiger partial charge < -0.3 is 10.0 Å². The highest BCUT2D eigenvalue weighted by atomic mass is 79.9. The standard InChI is InChI=1S/C15H17BrN2O3S/c1-18(8-2-3-15(20)21)14(19)7-6-13-17-11-9-10(16)4-5-12(11)22-13/h4-5,9H,2-3,6-8H2,1H3,(H,20,21). The molecule has 0 aliphatic rings. The summed E-state index contributed by atoms with van der Waals surface area (Å²) < 4.78 is 2.10. The summed E-state index contributed by atoms with van der Waals surface area (Å²) in [5.74, 6) is -0.813. The number of rotatable bonds is 7. The lowest BCUT2D eigenvalue weighted by Gasteiger charge is -2.16. The molecule has 0 bridgehead atoms. The molecule has 22 heavy (non-hydrogen) atoms. The molecule has 0 aliphatic carbocycles. The molecule has 0 fully saturated rings. The van der Waals surface area contributed by atoms with Crippen LogP contribution in [0.2, 0.25) is 0 Å². The Kier molecular flexibility index (Phi) is 5.90. The number of aromatic nitrogens is 1. The van der Waals surface area contributed by atoms with Gasteiger partial charge in [0.05, 0.1) is 15.2 Å². The molecular formula is C15H17BrN2O3S. The molecule has 1 N–H and O–H groups in total. The Morgan fingerprint density at radius 1 is 1.36 bits per heavy atom. The molecule has 1 amide bonds. The summed E-state index contributed by atoms with van der Waals surface area (Å²) in [4.78, 5) is 28.6. The van der Waals surface area contributed by atoms with Crippen LogP contribution in [-0.4, -0.2) is 40.5 Å². The molecule has 0 radical (unpaired) electrons. The lowest BCUT2D eigenvalue weighted by Crippen LogP contribution is -2.28. The van der Waals surface area contributed by atoms with E-state index >= 15 is 0 Å². The number of thiazole rings is 1. The average molecular weight is 385 g/mol. The molecule has 0 saturated carbocycles. The number of carbonyl (C=O) groups excluding carboxylic acids is 1. The van der Waals surface area contributed by atoms with E-state index in [2.05, 4.69) is 20.9 Å². The summed E-state index contributed by atoms with van der Waals surface area (Å²) >= 11 is 5.02. The maximum atomic E-state index is 12.0. The van der Waals surface area contributed by atoms with Crippen molar-refractivity contribution in [1.29, 1.82) is 0 Å². The van der Waals surface area contributed by atoms with Crippen molar-refractivity contribution in [2.75, 3.05) is 13.6 Å². The summed E-state index contributed by atoms with van der Waals surface area (Å²) in [5, 5.41) is 9.54. The van der Waals surface area contributed by atoms with E-state index in [-0.39, 0.29) is 12.3 Å². The normalized spacial score (nSPS) is 10.8. The van der Waals surface area contributed by atoms with E-state index in [1.807, 2.05) is 18.2 Å². The molecule has 1 heterocycles. The van der Waals surface area contributed by atoms with Gasteiger partial charge in [0.25, 0.3) is 0 Å². The van der Waals surface area contributed by atoms with Gasteiger partial charge in [-0.15, -0.1) is 11.3 Å². The number of halogens is 1. The fourth-order valence-corrected chi connectivity index (χ4v) is 3.35. The molecule has 0 saturated heterocycles. The first kappa shape index (κ1) is 16.9. The number of hydrogen-bond donors (Lipinski definition) is 1. The number of nitrogens with zero attached hydrogens (tertiary/aromatic N) is 2. The van der Waals surface area contributed by atoms with E-state index in [1.54, 1.807) is 23.3 Å². The van der Waals surface area contributed by atoms with Crippen molar-refractivity contribution >= 4 is 49.4 Å². The van der Waals surface area contributed by atoms with Crippen molar-refractivity contribution < 1.29 is 14.7 Å². The molecule has 1 aromatic carbocycles. The van der Waals surface area contributed by atoms with Crippen LogP contribution in [0, 0.1) is 0 Å². The van der Waals surface area contributed by atoms with Crippen molar-refractivity contribution in [3.05, 3.63) is 27.7 Å². The fourth-order valence-electron chi connectivity index (χ4n) is 2.05. The molecule has 118 valence electrons. The van der Waals surface area contributed by atoms with E-state index in [1.165, 1.54) is 0 Å². The van der Waals surface area contributed by atoms with E-state index in [0.717, 1.165) is 19.7 Å². The Balaban J connectivity index is 1.85. The summed E-state index contributed by atoms with van der Waals surface area (Å²) in [5.41, 5.74) is 0.941. The van der Waals surface area contributed by atoms with E-state index < -0.39 is 5.97 Å². The smallest absolute Gasteiger partial charge is 0.303 e. The predicted molar refractivity (Wildman–Crippen MR) is 90.1 cm³/mol. The number of aryl methyl sites for hydroxylation is 1. The fraction of sp³-hybridized carbons (Fsp3) is 0.400. The van der Waals surface area contributed by atoms with Crippen molar-refractivity contribution in [1.82, 2.24) is 9.88 Å². The molecule has 2 rings (SSSR count). The van der Waals surface area contributed by atoms with Crippen LogP contribution in [0.25, 0.3) is 10.2 Å². The van der Waals surface area contributed by atoms with Crippen molar-refractivity contribution in [2.24, 2.45) is 0 Å². The van der Waals surface area contributed by atoms with Gasteiger partial charge in [-0.1, -0.05) is 15.9 Å². The Morgan fingerprint density at radius 3 is 2.86 bits per heavy atom. The van der Waals surface area contributed by atoms with Gasteiger partial charge in [0.2, 0.25) is 5.91 Å². The van der Waals surface area contributed by atoms with Gasteiger partial charge in [0, 0.05) is 37.3 Å². The van der Waals surface area contributed by atoms with Crippen LogP contribution in [0.5, 0.6) is 0 Å². The molecular weight excluding hydrogens is 368 g/mol. The minimum Gasteiger partial charge on any atom is -0.481 e. The van der Waals surface area contributed by atoms with Crippen LogP contribution in [0.4, 0.5) is 0 Å². The zero-order chi connectivity index (χ0) is 16.1. The highest BCUT2D eigenvalue weighted by Gasteiger charge is 2.11. The molecule has 5 nitrogen and oxygen atoms in total. The number of aliphatic carboxylic acids is 1. The number of carbonyl (C=O) groups is 2. The van der Waals surface area contributed by atoms with Gasteiger partial charge in [-0.2, -0.15) is 0 Å². The zero-order valence-corrected chi connectivity index (χ0v) is 14.6. The number of carboxylic acids is 1. The third-order valence-corrected chi connectivity index (χ3v) is 4.85. The number of benzene rings is 1. The Labute approximate surface area is 141 Å². The van der Waals surface area contributed by atoms with Crippen LogP contribution in [-0.2, 0) is 16.0 Å². The monoisotopic (exact) mass is 384 g/mol. The van der Waals surface area contributed by atoms with E-state index in [9.17, 15) is 9.59 Å². The summed E-state index contributed by atoms with van der Waals surface area (Å²) in [6.07, 6.45) is 1.57. The summed E-state index contributed by atoms with van der Waals surface area (Å²) in [6, 6.07) is 5.96. The predicted octanol–water partition coefficient (Wildman–Crippen LogP) is 3.31. The second-order valence-electron chi connectivity index (χ2n) is 5.03. The first-order valence-corrected chi connectivity index (χ1v) is 8.57. The lowest BCUT2D eigenvalue weighted by atomic mass is 10.2. The first-order chi connectivity index (χ1) is 10.5. The maximum Gasteiger partial charge on any atom is 0.303 e. The average Bonchev–Trinajstić information content (AvgIpc) is 2.86. The van der Waals surface area contributed by atoms with Crippen LogP contribution in [0.15, 0.2) is 22.7 Å². The molecule has 7 heteroatoms. The zero-order valence-electron chi connectivity index (χ0n) is 12.2. The molecule has 0 aliphatic heterocycles. The Morgan fingerprint density at radius 2 is 2.14 bits per heavy atom. The van der Waals surface area contributed by atoms with Crippen molar-refractivity contribution in [3.8, 4) is 0 Å². The van der Waals surface area contributed by atoms with Crippen molar-refractivity contribution in [2.45, 2.75) is 25.7 Å². The van der Waals surface area contributed by atoms with Gasteiger partial charge >= 0.3 is 5.97 Å². The second kappa shape index (κ2) is 7.69. The third kappa shape index (κ3) is 4.78. The van der Waals surface area contributed by atoms with Crippen LogP contribution in [0.1, 0.15) is 24.3 Å². The first-order valence-electron chi connectivity index (χ1n) is 6.96. The molecule has 0 spiro atoms. The van der Waals surface area contributed by atoms with Crippen LogP contribution in [0.3, 0.4) is 0 Å². The number of carboxylic acid groups (broad SMARTS) is 1. The van der Waals surface area contributed by atoms with Crippen molar-refractivity contribution in [3.63, 3.8) is 0 Å².